The molecule has 26 heavy (non-hydrogen) atoms. The van der Waals surface area contributed by atoms with Gasteiger partial charge >= 0.3 is 6.09 Å². The average Bonchev–Trinajstić information content (AvgIpc) is 3.02. The number of rotatable bonds is 5. The number of nitrogens with zero attached hydrogens (tertiary/aromatic N) is 2. The maximum Gasteiger partial charge on any atom is 0.411 e. The number of hydrogen-bond donors (Lipinski definition) is 2. The molecule has 2 N–H and O–H groups in total. The molecule has 0 bridgehead atoms. The molecule has 8 heteroatoms. The first kappa shape index (κ1) is 17.6. The van der Waals surface area contributed by atoms with Crippen molar-refractivity contribution in [3.63, 3.8) is 0 Å². The van der Waals surface area contributed by atoms with E-state index in [1.165, 1.54) is 18.0 Å². The number of halogens is 1. The maximum absolute atomic E-state index is 11.4. The van der Waals surface area contributed by atoms with Gasteiger partial charge in [0, 0.05) is 10.6 Å². The van der Waals surface area contributed by atoms with E-state index in [0.29, 0.717) is 16.3 Å². The Morgan fingerprint density at radius 2 is 1.96 bits per heavy atom. The fourth-order valence-electron chi connectivity index (χ4n) is 2.25. The second kappa shape index (κ2) is 7.79. The molecule has 0 radical (unpaired) electrons. The number of carbonyl (C=O) groups is 1. The number of nitrogens with one attached hydrogen (secondary N) is 1. The normalized spacial score (nSPS) is 10.4. The molecule has 1 heterocycles. The summed E-state index contributed by atoms with van der Waals surface area (Å²) in [5.74, 6) is -0.0221. The van der Waals surface area contributed by atoms with E-state index in [4.69, 9.17) is 16.3 Å². The van der Waals surface area contributed by atoms with Crippen molar-refractivity contribution in [2.24, 2.45) is 0 Å². The van der Waals surface area contributed by atoms with Crippen molar-refractivity contribution in [3.8, 4) is 17.3 Å². The Balaban J connectivity index is 1.75. The Bertz CT molecular complexity index is 909. The van der Waals surface area contributed by atoms with Crippen LogP contribution in [0.4, 0.5) is 10.5 Å². The van der Waals surface area contributed by atoms with Crippen molar-refractivity contribution >= 4 is 23.4 Å². The van der Waals surface area contributed by atoms with Crippen molar-refractivity contribution in [1.82, 2.24) is 9.78 Å². The van der Waals surface area contributed by atoms with Crippen LogP contribution in [-0.4, -0.2) is 28.1 Å². The number of ether oxygens (including phenoxy) is 2. The summed E-state index contributed by atoms with van der Waals surface area (Å²) in [6, 6.07) is 14.1. The molecule has 0 aliphatic carbocycles. The second-order valence-corrected chi connectivity index (χ2v) is 5.74. The molecule has 0 aliphatic heterocycles. The smallest absolute Gasteiger partial charge is 0.411 e. The number of benzene rings is 2. The van der Waals surface area contributed by atoms with Gasteiger partial charge < -0.3 is 14.6 Å². The molecular formula is C18H16ClN3O4. The summed E-state index contributed by atoms with van der Waals surface area (Å²) in [6.45, 7) is 0.103. The maximum atomic E-state index is 11.4. The zero-order valence-corrected chi connectivity index (χ0v) is 14.6. The van der Waals surface area contributed by atoms with Crippen LogP contribution in [-0.2, 0) is 11.3 Å². The van der Waals surface area contributed by atoms with E-state index in [1.807, 2.05) is 6.07 Å². The third-order valence-electron chi connectivity index (χ3n) is 3.56. The lowest BCUT2D eigenvalue weighted by molar-refractivity contribution is 0.187. The summed E-state index contributed by atoms with van der Waals surface area (Å²) in [7, 11) is 1.29. The fourth-order valence-corrected chi connectivity index (χ4v) is 2.38. The third-order valence-corrected chi connectivity index (χ3v) is 3.81. The lowest BCUT2D eigenvalue weighted by Crippen LogP contribution is -2.13. The Morgan fingerprint density at radius 3 is 2.69 bits per heavy atom. The van der Waals surface area contributed by atoms with Gasteiger partial charge in [-0.1, -0.05) is 29.8 Å². The monoisotopic (exact) mass is 373 g/mol. The molecule has 7 nitrogen and oxygen atoms in total. The van der Waals surface area contributed by atoms with Crippen molar-refractivity contribution in [2.45, 2.75) is 6.61 Å². The number of aromatic hydroxyl groups is 1. The van der Waals surface area contributed by atoms with E-state index in [2.05, 4.69) is 15.2 Å². The first-order chi connectivity index (χ1) is 12.6. The van der Waals surface area contributed by atoms with E-state index in [0.717, 1.165) is 5.69 Å². The molecule has 3 rings (SSSR count). The van der Waals surface area contributed by atoms with Gasteiger partial charge in [-0.15, -0.1) is 5.10 Å². The van der Waals surface area contributed by atoms with Crippen LogP contribution in [0.25, 0.3) is 5.69 Å². The predicted octanol–water partition coefficient (Wildman–Crippen LogP) is 3.99. The van der Waals surface area contributed by atoms with Crippen LogP contribution in [0.5, 0.6) is 11.6 Å². The number of carbonyl (C=O) groups excluding carboxylic acids is 1. The van der Waals surface area contributed by atoms with E-state index in [-0.39, 0.29) is 18.2 Å². The van der Waals surface area contributed by atoms with Gasteiger partial charge in [0.25, 0.3) is 5.88 Å². The third kappa shape index (κ3) is 4.07. The van der Waals surface area contributed by atoms with E-state index < -0.39 is 6.09 Å². The van der Waals surface area contributed by atoms with E-state index in [9.17, 15) is 9.90 Å². The molecule has 0 atom stereocenters. The van der Waals surface area contributed by atoms with Crippen LogP contribution in [0.1, 0.15) is 5.56 Å². The van der Waals surface area contributed by atoms with Crippen molar-refractivity contribution < 1.29 is 19.4 Å². The van der Waals surface area contributed by atoms with Crippen molar-refractivity contribution in [1.29, 1.82) is 0 Å². The lowest BCUT2D eigenvalue weighted by atomic mass is 10.2. The largest absolute Gasteiger partial charge is 0.502 e. The minimum Gasteiger partial charge on any atom is -0.502 e. The average molecular weight is 374 g/mol. The van der Waals surface area contributed by atoms with Crippen LogP contribution in [0, 0.1) is 0 Å². The van der Waals surface area contributed by atoms with Crippen LogP contribution in [0.3, 0.4) is 0 Å². The van der Waals surface area contributed by atoms with Gasteiger partial charge in [-0.2, -0.15) is 0 Å². The summed E-state index contributed by atoms with van der Waals surface area (Å²) in [5.41, 5.74) is 1.99. The number of methoxy groups -OCH3 is 1. The number of para-hydroxylation sites is 1. The Hall–Kier alpha value is -3.19. The summed E-state index contributed by atoms with van der Waals surface area (Å²) in [6.07, 6.45) is 0.865. The molecule has 1 amide bonds. The van der Waals surface area contributed by atoms with Gasteiger partial charge in [0.1, 0.15) is 6.61 Å². The minimum absolute atomic E-state index is 0.0767. The Labute approximate surface area is 154 Å². The summed E-state index contributed by atoms with van der Waals surface area (Å²) in [4.78, 5) is 11.4. The van der Waals surface area contributed by atoms with Gasteiger partial charge in [-0.25, -0.2) is 9.48 Å². The second-order valence-electron chi connectivity index (χ2n) is 5.30. The van der Waals surface area contributed by atoms with Gasteiger partial charge in [0.15, 0.2) is 5.75 Å². The zero-order chi connectivity index (χ0) is 18.5. The van der Waals surface area contributed by atoms with Crippen molar-refractivity contribution in [3.05, 3.63) is 65.3 Å². The SMILES string of the molecule is COC(=O)Nc1ccccc1COc1nn(-c2ccc(Cl)cc2)cc1O. The summed E-state index contributed by atoms with van der Waals surface area (Å²) < 4.78 is 11.7. The van der Waals surface area contributed by atoms with Gasteiger partial charge in [0.05, 0.1) is 24.7 Å². The highest BCUT2D eigenvalue weighted by molar-refractivity contribution is 6.30. The molecule has 0 saturated heterocycles. The number of aromatic nitrogens is 2. The van der Waals surface area contributed by atoms with Crippen LogP contribution in [0.15, 0.2) is 54.7 Å². The minimum atomic E-state index is -0.577. The van der Waals surface area contributed by atoms with Crippen LogP contribution in [0.2, 0.25) is 5.02 Å². The van der Waals surface area contributed by atoms with E-state index >= 15 is 0 Å². The van der Waals surface area contributed by atoms with Crippen molar-refractivity contribution in [2.75, 3.05) is 12.4 Å². The lowest BCUT2D eigenvalue weighted by Gasteiger charge is -2.10. The van der Waals surface area contributed by atoms with Crippen LogP contribution < -0.4 is 10.1 Å². The fraction of sp³-hybridized carbons (Fsp3) is 0.111. The molecular weight excluding hydrogens is 358 g/mol. The molecule has 2 aromatic carbocycles. The van der Waals surface area contributed by atoms with Crippen LogP contribution >= 0.6 is 11.6 Å². The molecule has 134 valence electrons. The molecule has 0 aliphatic rings. The molecule has 0 spiro atoms. The Morgan fingerprint density at radius 1 is 1.23 bits per heavy atom. The molecule has 3 aromatic rings. The number of anilines is 1. The molecule has 0 fully saturated rings. The topological polar surface area (TPSA) is 85.6 Å². The highest BCUT2D eigenvalue weighted by atomic mass is 35.5. The van der Waals surface area contributed by atoms with Gasteiger partial charge in [-0.3, -0.25) is 5.32 Å². The quantitative estimate of drug-likeness (QED) is 0.706. The van der Waals surface area contributed by atoms with E-state index in [1.54, 1.807) is 42.5 Å². The first-order valence-electron chi connectivity index (χ1n) is 7.67. The molecule has 1 aromatic heterocycles. The first-order valence-corrected chi connectivity index (χ1v) is 8.05. The molecule has 0 unspecified atom stereocenters. The predicted molar refractivity (Wildman–Crippen MR) is 97.0 cm³/mol. The standard InChI is InChI=1S/C18H16ClN3O4/c1-25-18(24)20-15-5-3-2-4-12(15)11-26-17-16(23)10-22(21-17)14-8-6-13(19)7-9-14/h2-10,23H,11H2,1H3,(H,20,24). The Kier molecular flexibility index (Phi) is 5.28. The summed E-state index contributed by atoms with van der Waals surface area (Å²) in [5, 5.41) is 17.5. The molecule has 0 saturated carbocycles. The van der Waals surface area contributed by atoms with Gasteiger partial charge in [0.2, 0.25) is 0 Å². The highest BCUT2D eigenvalue weighted by Crippen LogP contribution is 2.27. The highest BCUT2D eigenvalue weighted by Gasteiger charge is 2.12. The number of amides is 1. The zero-order valence-electron chi connectivity index (χ0n) is 13.8. The summed E-state index contributed by atoms with van der Waals surface area (Å²) >= 11 is 5.87. The number of hydrogen-bond acceptors (Lipinski definition) is 5. The van der Waals surface area contributed by atoms with Gasteiger partial charge in [-0.05, 0) is 30.3 Å².